The predicted octanol–water partition coefficient (Wildman–Crippen LogP) is 5.12. The number of anilines is 2. The maximum Gasteiger partial charge on any atom is 0.226 e. The minimum atomic E-state index is -3.10. The number of hydrogen-bond donors (Lipinski definition) is 1. The van der Waals surface area contributed by atoms with Gasteiger partial charge in [-0.3, -0.25) is 9.88 Å². The molecule has 0 bridgehead atoms. The topological polar surface area (TPSA) is 104 Å². The summed E-state index contributed by atoms with van der Waals surface area (Å²) in [6.45, 7) is -5.55. The SMILES string of the molecule is [2H]C([2H])([2H])C([2H])(N1CCCC2C1CCN2c1ncc2c3c(c(-c4ncc(F)c5sc(N)c(C#N)c45)c(F)c2n1)COC3)C([2H])([2H])[2H]. The lowest BCUT2D eigenvalue weighted by Gasteiger charge is -2.42. The number of hydrogen-bond acceptors (Lipinski definition) is 9. The predicted molar refractivity (Wildman–Crippen MR) is 146 cm³/mol. The van der Waals surface area contributed by atoms with Crippen LogP contribution in [0.25, 0.3) is 32.2 Å². The molecule has 7 rings (SSSR count). The van der Waals surface area contributed by atoms with Gasteiger partial charge in [0.1, 0.15) is 16.6 Å². The lowest BCUT2D eigenvalue weighted by atomic mass is 9.94. The first-order chi connectivity index (χ1) is 21.7. The Bertz CT molecular complexity index is 1950. The van der Waals surface area contributed by atoms with E-state index in [0.29, 0.717) is 42.3 Å². The van der Waals surface area contributed by atoms with Crippen molar-refractivity contribution >= 4 is 43.3 Å². The highest BCUT2D eigenvalue weighted by Crippen LogP contribution is 2.45. The van der Waals surface area contributed by atoms with Crippen LogP contribution < -0.4 is 10.6 Å². The molecule has 6 heterocycles. The monoisotopic (exact) mass is 554 g/mol. The van der Waals surface area contributed by atoms with Gasteiger partial charge in [-0.2, -0.15) is 5.26 Å². The number of rotatable bonds is 3. The quantitative estimate of drug-likeness (QED) is 0.372. The number of piperidine rings is 1. The van der Waals surface area contributed by atoms with Crippen molar-refractivity contribution in [2.75, 3.05) is 23.7 Å². The van der Waals surface area contributed by atoms with E-state index < -0.39 is 43.4 Å². The second-order valence-corrected chi connectivity index (χ2v) is 11.0. The van der Waals surface area contributed by atoms with Crippen molar-refractivity contribution in [1.82, 2.24) is 19.9 Å². The molecule has 3 aromatic heterocycles. The molecule has 4 aromatic rings. The number of benzene rings is 1. The maximum atomic E-state index is 16.8. The molecule has 3 aliphatic rings. The summed E-state index contributed by atoms with van der Waals surface area (Å²) >= 11 is 0.882. The van der Waals surface area contributed by atoms with E-state index in [4.69, 9.17) is 20.1 Å². The molecule has 2 N–H and O–H groups in total. The number of thiophene rings is 1. The number of halogens is 2. The third-order valence-corrected chi connectivity index (χ3v) is 9.11. The molecular weight excluding hydrogens is 520 g/mol. The van der Waals surface area contributed by atoms with Gasteiger partial charge in [0.05, 0.1) is 35.4 Å². The molecule has 1 aromatic carbocycles. The average Bonchev–Trinajstić information content (AvgIpc) is 3.73. The van der Waals surface area contributed by atoms with E-state index in [1.54, 1.807) is 0 Å². The Balaban J connectivity index is 1.35. The van der Waals surface area contributed by atoms with Crippen molar-refractivity contribution in [1.29, 1.82) is 5.26 Å². The molecule has 11 heteroatoms. The minimum absolute atomic E-state index is 0.00193. The first kappa shape index (κ1) is 18.0. The summed E-state index contributed by atoms with van der Waals surface area (Å²) in [6, 6.07) is -1.81. The number of nitrogens with zero attached hydrogens (tertiary/aromatic N) is 6. The number of nitrogen functional groups attached to an aromatic ring is 1. The largest absolute Gasteiger partial charge is 0.389 e. The fourth-order valence-corrected chi connectivity index (χ4v) is 7.31. The number of pyridine rings is 1. The van der Waals surface area contributed by atoms with Crippen molar-refractivity contribution < 1.29 is 23.1 Å². The third kappa shape index (κ3) is 3.55. The highest BCUT2D eigenvalue weighted by atomic mass is 32.1. The minimum Gasteiger partial charge on any atom is -0.389 e. The molecule has 0 radical (unpaired) electrons. The lowest BCUT2D eigenvalue weighted by molar-refractivity contribution is 0.108. The van der Waals surface area contributed by atoms with E-state index >= 15 is 4.39 Å². The molecule has 2 saturated heterocycles. The van der Waals surface area contributed by atoms with Gasteiger partial charge in [-0.1, -0.05) is 0 Å². The second-order valence-electron chi connectivity index (χ2n) is 9.98. The van der Waals surface area contributed by atoms with Crippen LogP contribution in [0.4, 0.5) is 19.7 Å². The van der Waals surface area contributed by atoms with Crippen LogP contribution in [0, 0.1) is 23.0 Å². The molecule has 2 unspecified atom stereocenters. The van der Waals surface area contributed by atoms with Crippen molar-refractivity contribution in [3.63, 3.8) is 0 Å². The van der Waals surface area contributed by atoms with Gasteiger partial charge >= 0.3 is 0 Å². The summed E-state index contributed by atoms with van der Waals surface area (Å²) in [6.07, 6.45) is 3.84. The van der Waals surface area contributed by atoms with Crippen molar-refractivity contribution in [2.24, 2.45) is 0 Å². The Kier molecular flexibility index (Phi) is 4.17. The Morgan fingerprint density at radius 2 is 2.05 bits per heavy atom. The molecule has 2 atom stereocenters. The number of nitriles is 1. The van der Waals surface area contributed by atoms with Crippen LogP contribution in [0.2, 0.25) is 0 Å². The number of likely N-dealkylation sites (tertiary alicyclic amines) is 1. The van der Waals surface area contributed by atoms with Gasteiger partial charge in [0.15, 0.2) is 11.6 Å². The standard InChI is InChI=1S/C28H27F2N7OS/c1-13(2)36-6-3-4-19-20(36)5-7-37(19)28-34-9-15-16-11-38-12-17(16)21(23(30)24(15)35-28)25-22-14(8-31)27(32)39-26(22)18(29)10-33-25/h9-10,13,19-20H,3-7,11-12,32H2,1-2H3/i1D3,2D3,13D. The molecule has 0 spiro atoms. The molecule has 0 aliphatic carbocycles. The zero-order chi connectivity index (χ0) is 32.9. The maximum absolute atomic E-state index is 16.8. The fourth-order valence-electron chi connectivity index (χ4n) is 6.39. The normalized spacial score (nSPS) is 24.7. The van der Waals surface area contributed by atoms with Crippen LogP contribution in [0.15, 0.2) is 12.4 Å². The van der Waals surface area contributed by atoms with E-state index in [1.807, 2.05) is 11.0 Å². The van der Waals surface area contributed by atoms with E-state index in [9.17, 15) is 9.65 Å². The van der Waals surface area contributed by atoms with Crippen LogP contribution in [-0.2, 0) is 18.0 Å². The Morgan fingerprint density at radius 3 is 2.87 bits per heavy atom. The summed E-state index contributed by atoms with van der Waals surface area (Å²) in [4.78, 5) is 16.5. The molecule has 200 valence electrons. The molecule has 8 nitrogen and oxygen atoms in total. The van der Waals surface area contributed by atoms with E-state index in [1.165, 1.54) is 11.1 Å². The molecule has 0 amide bonds. The molecule has 0 saturated carbocycles. The van der Waals surface area contributed by atoms with Gasteiger partial charge in [0.2, 0.25) is 5.95 Å². The van der Waals surface area contributed by atoms with Crippen LogP contribution in [0.3, 0.4) is 0 Å². The van der Waals surface area contributed by atoms with Crippen LogP contribution in [0.5, 0.6) is 0 Å². The van der Waals surface area contributed by atoms with Crippen LogP contribution in [-0.4, -0.2) is 51.0 Å². The highest BCUT2D eigenvalue weighted by Gasteiger charge is 2.42. The first-order valence-corrected chi connectivity index (χ1v) is 13.4. The second kappa shape index (κ2) is 9.05. The molecular formula is C28H27F2N7OS. The van der Waals surface area contributed by atoms with E-state index in [2.05, 4.69) is 15.0 Å². The summed E-state index contributed by atoms with van der Waals surface area (Å²) in [5, 5.41) is 10.4. The van der Waals surface area contributed by atoms with Crippen molar-refractivity contribution in [3.05, 3.63) is 40.7 Å². The Labute approximate surface area is 237 Å². The van der Waals surface area contributed by atoms with Gasteiger partial charge in [-0.15, -0.1) is 11.3 Å². The fraction of sp³-hybridized carbons (Fsp3) is 0.429. The van der Waals surface area contributed by atoms with Gasteiger partial charge in [-0.05, 0) is 50.6 Å². The van der Waals surface area contributed by atoms with Gasteiger partial charge in [0, 0.05) is 56.8 Å². The summed E-state index contributed by atoms with van der Waals surface area (Å²) in [5.74, 6) is -1.28. The zero-order valence-electron chi connectivity index (χ0n) is 27.6. The van der Waals surface area contributed by atoms with Crippen molar-refractivity contribution in [2.45, 2.75) is 64.3 Å². The van der Waals surface area contributed by atoms with Gasteiger partial charge < -0.3 is 15.4 Å². The summed E-state index contributed by atoms with van der Waals surface area (Å²) in [5.41, 5.74) is 7.19. The summed E-state index contributed by atoms with van der Waals surface area (Å²) in [7, 11) is 0. The number of nitrogens with two attached hydrogens (primary N) is 1. The number of fused-ring (bicyclic) bond motifs is 5. The molecule has 2 fully saturated rings. The average molecular weight is 555 g/mol. The number of ether oxygens (including phenoxy) is 1. The molecule has 39 heavy (non-hydrogen) atoms. The van der Waals surface area contributed by atoms with E-state index in [-0.39, 0.29) is 63.1 Å². The smallest absolute Gasteiger partial charge is 0.226 e. The Hall–Kier alpha value is -3.46. The van der Waals surface area contributed by atoms with Gasteiger partial charge in [-0.25, -0.2) is 18.7 Å². The number of aromatic nitrogens is 3. The highest BCUT2D eigenvalue weighted by molar-refractivity contribution is 7.23. The molecule has 3 aliphatic heterocycles. The van der Waals surface area contributed by atoms with E-state index in [0.717, 1.165) is 17.5 Å². The zero-order valence-corrected chi connectivity index (χ0v) is 21.4. The van der Waals surface area contributed by atoms with Crippen LogP contribution in [0.1, 0.15) is 59.3 Å². The first-order valence-electron chi connectivity index (χ1n) is 16.1. The van der Waals surface area contributed by atoms with Crippen LogP contribution >= 0.6 is 11.3 Å². The third-order valence-electron chi connectivity index (χ3n) is 8.09. The van der Waals surface area contributed by atoms with Gasteiger partial charge in [0.25, 0.3) is 0 Å². The summed E-state index contributed by atoms with van der Waals surface area (Å²) < 4.78 is 94.2. The Morgan fingerprint density at radius 1 is 1.21 bits per heavy atom. The lowest BCUT2D eigenvalue weighted by Crippen LogP contribution is -2.52. The van der Waals surface area contributed by atoms with Crippen molar-refractivity contribution in [3.8, 4) is 17.3 Å².